The third kappa shape index (κ3) is 6.79. The third-order valence-corrected chi connectivity index (χ3v) is 9.54. The molecular formula is C29H38N2O5S. The minimum absolute atomic E-state index is 0.00374. The number of carbonyl (C=O) groups is 2. The molecule has 2 aliphatic rings. The van der Waals surface area contributed by atoms with Crippen molar-refractivity contribution in [3.8, 4) is 0 Å². The van der Waals surface area contributed by atoms with Crippen LogP contribution >= 0.6 is 0 Å². The molecule has 1 aliphatic carbocycles. The maximum Gasteiger partial charge on any atom is 0.257 e. The van der Waals surface area contributed by atoms with Gasteiger partial charge >= 0.3 is 0 Å². The highest BCUT2D eigenvalue weighted by Crippen LogP contribution is 2.54. The topological polar surface area (TPSA) is 104 Å². The first-order chi connectivity index (χ1) is 17.4. The summed E-state index contributed by atoms with van der Waals surface area (Å²) < 4.78 is 25.8. The van der Waals surface area contributed by atoms with Crippen LogP contribution in [-0.4, -0.2) is 50.7 Å². The summed E-state index contributed by atoms with van der Waals surface area (Å²) >= 11 is 0. The minimum atomic E-state index is -3.51. The quantitative estimate of drug-likeness (QED) is 0.441. The van der Waals surface area contributed by atoms with E-state index in [0.29, 0.717) is 28.7 Å². The van der Waals surface area contributed by atoms with Crippen LogP contribution in [0.2, 0.25) is 0 Å². The molecule has 2 aromatic rings. The van der Waals surface area contributed by atoms with Gasteiger partial charge in [-0.1, -0.05) is 32.9 Å². The molecule has 0 atom stereocenters. The van der Waals surface area contributed by atoms with E-state index in [2.05, 4.69) is 10.2 Å². The number of carbonyl (C=O) groups excluding carboxylic acids is 2. The van der Waals surface area contributed by atoms with Crippen LogP contribution in [0.1, 0.15) is 80.0 Å². The number of piperidine rings is 1. The van der Waals surface area contributed by atoms with Crippen LogP contribution in [0, 0.1) is 10.8 Å². The zero-order valence-electron chi connectivity index (χ0n) is 22.0. The molecule has 1 saturated carbocycles. The van der Waals surface area contributed by atoms with E-state index in [-0.39, 0.29) is 35.4 Å². The number of anilines is 2. The minimum Gasteiger partial charge on any atom is -0.396 e. The van der Waals surface area contributed by atoms with Crippen LogP contribution in [0.15, 0.2) is 47.4 Å². The Kier molecular flexibility index (Phi) is 7.81. The van der Waals surface area contributed by atoms with Crippen molar-refractivity contribution < 1.29 is 23.1 Å². The molecule has 0 radical (unpaired) electrons. The molecule has 0 unspecified atom stereocenters. The fraction of sp³-hybridized carbons (Fsp3) is 0.517. The van der Waals surface area contributed by atoms with Gasteiger partial charge in [-0.15, -0.1) is 0 Å². The van der Waals surface area contributed by atoms with Crippen molar-refractivity contribution in [1.29, 1.82) is 0 Å². The molecule has 1 amide bonds. The second-order valence-electron chi connectivity index (χ2n) is 11.8. The average molecular weight is 527 g/mol. The number of benzene rings is 2. The van der Waals surface area contributed by atoms with Gasteiger partial charge in [0.25, 0.3) is 5.91 Å². The Morgan fingerprint density at radius 3 is 2.35 bits per heavy atom. The first kappa shape index (κ1) is 27.3. The van der Waals surface area contributed by atoms with Crippen molar-refractivity contribution in [3.05, 3.63) is 53.6 Å². The molecule has 1 spiro atoms. The number of nitrogens with zero attached hydrogens (tertiary/aromatic N) is 1. The summed E-state index contributed by atoms with van der Waals surface area (Å²) in [6, 6.07) is 11.5. The van der Waals surface area contributed by atoms with Gasteiger partial charge in [-0.25, -0.2) is 8.42 Å². The number of aliphatic hydroxyl groups is 1. The second kappa shape index (κ2) is 10.6. The molecule has 0 aromatic heterocycles. The predicted octanol–water partition coefficient (Wildman–Crippen LogP) is 5.09. The Balaban J connectivity index is 1.59. The van der Waals surface area contributed by atoms with Gasteiger partial charge in [0.05, 0.1) is 21.9 Å². The maximum atomic E-state index is 13.5. The summed E-state index contributed by atoms with van der Waals surface area (Å²) in [7, 11) is -3.51. The lowest BCUT2D eigenvalue weighted by Gasteiger charge is -2.35. The van der Waals surface area contributed by atoms with Gasteiger partial charge in [-0.05, 0) is 73.3 Å². The van der Waals surface area contributed by atoms with Gasteiger partial charge < -0.3 is 15.3 Å². The summed E-state index contributed by atoms with van der Waals surface area (Å²) in [6.45, 7) is 7.24. The summed E-state index contributed by atoms with van der Waals surface area (Å²) in [5.74, 6) is -0.403. The van der Waals surface area contributed by atoms with E-state index in [9.17, 15) is 18.0 Å². The zero-order chi connectivity index (χ0) is 26.8. The first-order valence-electron chi connectivity index (χ1n) is 13.1. The molecule has 8 heteroatoms. The average Bonchev–Trinajstić information content (AvgIpc) is 3.60. The lowest BCUT2D eigenvalue weighted by molar-refractivity contribution is 0.0969. The van der Waals surface area contributed by atoms with Crippen LogP contribution in [0.3, 0.4) is 0 Å². The molecule has 4 rings (SSSR count). The molecule has 37 heavy (non-hydrogen) atoms. The number of hydrogen-bond acceptors (Lipinski definition) is 6. The Morgan fingerprint density at radius 2 is 1.73 bits per heavy atom. The fourth-order valence-corrected chi connectivity index (χ4v) is 6.96. The van der Waals surface area contributed by atoms with Crippen molar-refractivity contribution >= 4 is 32.9 Å². The van der Waals surface area contributed by atoms with Crippen LogP contribution in [-0.2, 0) is 9.84 Å². The number of amides is 1. The number of nitrogens with one attached hydrogen (secondary N) is 1. The van der Waals surface area contributed by atoms with Gasteiger partial charge in [0.15, 0.2) is 15.6 Å². The van der Waals surface area contributed by atoms with Gasteiger partial charge in [0.2, 0.25) is 0 Å². The van der Waals surface area contributed by atoms with Crippen molar-refractivity contribution in [2.45, 2.75) is 64.2 Å². The molecule has 1 saturated heterocycles. The number of rotatable bonds is 9. The zero-order valence-corrected chi connectivity index (χ0v) is 22.9. The lowest BCUT2D eigenvalue weighted by Crippen LogP contribution is -2.35. The summed E-state index contributed by atoms with van der Waals surface area (Å²) in [5, 5.41) is 12.0. The normalized spacial score (nSPS) is 17.0. The van der Waals surface area contributed by atoms with E-state index in [1.807, 2.05) is 20.8 Å². The summed E-state index contributed by atoms with van der Waals surface area (Å²) in [5.41, 5.74) is 2.18. The predicted molar refractivity (Wildman–Crippen MR) is 146 cm³/mol. The van der Waals surface area contributed by atoms with Crippen LogP contribution in [0.25, 0.3) is 0 Å². The Morgan fingerprint density at radius 1 is 1.03 bits per heavy atom. The number of aliphatic hydroxyl groups excluding tert-OH is 1. The molecule has 1 heterocycles. The Hall–Kier alpha value is -2.71. The standard InChI is InChI=1S/C29H38N2O5S/c1-28(2,3)20-37(35,36)23-7-4-6-22(19-23)30-27(34)24-10-9-21(26(33)8-5-17-32)18-25(24)31-15-13-29(11-12-29)14-16-31/h4,6-7,9-10,18-19,32H,5,8,11-17,20H2,1-3H3,(H,30,34). The summed E-state index contributed by atoms with van der Waals surface area (Å²) in [4.78, 5) is 28.5. The van der Waals surface area contributed by atoms with Gasteiger partial charge in [-0.3, -0.25) is 9.59 Å². The summed E-state index contributed by atoms with van der Waals surface area (Å²) in [6.07, 6.45) is 5.33. The molecule has 2 fully saturated rings. The Labute approximate surface area is 220 Å². The van der Waals surface area contributed by atoms with Crippen molar-refractivity contribution in [3.63, 3.8) is 0 Å². The monoisotopic (exact) mass is 526 g/mol. The highest BCUT2D eigenvalue weighted by molar-refractivity contribution is 7.91. The van der Waals surface area contributed by atoms with Crippen LogP contribution < -0.4 is 10.2 Å². The van der Waals surface area contributed by atoms with E-state index < -0.39 is 15.3 Å². The fourth-order valence-electron chi connectivity index (χ4n) is 5.06. The van der Waals surface area contributed by atoms with Crippen LogP contribution in [0.4, 0.5) is 11.4 Å². The molecule has 2 N–H and O–H groups in total. The van der Waals surface area contributed by atoms with E-state index >= 15 is 0 Å². The van der Waals surface area contributed by atoms with E-state index in [1.165, 1.54) is 18.9 Å². The van der Waals surface area contributed by atoms with E-state index in [1.54, 1.807) is 36.4 Å². The Bertz CT molecular complexity index is 1270. The molecular weight excluding hydrogens is 488 g/mol. The first-order valence-corrected chi connectivity index (χ1v) is 14.7. The molecule has 200 valence electrons. The molecule has 1 aliphatic heterocycles. The highest BCUT2D eigenvalue weighted by Gasteiger charge is 2.44. The SMILES string of the molecule is CC(C)(C)CS(=O)(=O)c1cccc(NC(=O)c2ccc(C(=O)CCCO)cc2N2CCC3(CC2)CC3)c1. The number of sulfone groups is 1. The highest BCUT2D eigenvalue weighted by atomic mass is 32.2. The molecule has 7 nitrogen and oxygen atoms in total. The van der Waals surface area contributed by atoms with Crippen LogP contribution in [0.5, 0.6) is 0 Å². The van der Waals surface area contributed by atoms with Gasteiger partial charge in [0, 0.05) is 37.4 Å². The smallest absolute Gasteiger partial charge is 0.257 e. The largest absolute Gasteiger partial charge is 0.396 e. The second-order valence-corrected chi connectivity index (χ2v) is 13.8. The lowest BCUT2D eigenvalue weighted by atomic mass is 9.92. The van der Waals surface area contributed by atoms with Crippen molar-refractivity contribution in [2.24, 2.45) is 10.8 Å². The number of ketones is 1. The molecule has 2 aromatic carbocycles. The van der Waals surface area contributed by atoms with E-state index in [0.717, 1.165) is 31.6 Å². The van der Waals surface area contributed by atoms with Gasteiger partial charge in [-0.2, -0.15) is 0 Å². The third-order valence-electron chi connectivity index (χ3n) is 7.32. The van der Waals surface area contributed by atoms with E-state index in [4.69, 9.17) is 5.11 Å². The maximum absolute atomic E-state index is 13.5. The van der Waals surface area contributed by atoms with Crippen molar-refractivity contribution in [2.75, 3.05) is 35.7 Å². The molecule has 0 bridgehead atoms. The number of Topliss-reactive ketones (excluding diaryl/α,β-unsaturated/α-hetero) is 1. The number of hydrogen-bond donors (Lipinski definition) is 2. The van der Waals surface area contributed by atoms with Crippen molar-refractivity contribution in [1.82, 2.24) is 0 Å². The van der Waals surface area contributed by atoms with Gasteiger partial charge in [0.1, 0.15) is 0 Å².